The van der Waals surface area contributed by atoms with Crippen LogP contribution >= 0.6 is 22.6 Å². The number of rotatable bonds is 4. The third kappa shape index (κ3) is 4.69. The number of ether oxygens (including phenoxy) is 1. The van der Waals surface area contributed by atoms with Crippen molar-refractivity contribution in [2.75, 3.05) is 4.43 Å². The number of alkyl carbamates (subject to hydrolysis) is 1. The van der Waals surface area contributed by atoms with E-state index in [0.717, 1.165) is 0 Å². The molecule has 0 aliphatic rings. The van der Waals surface area contributed by atoms with Crippen molar-refractivity contribution < 1.29 is 19.4 Å². The number of aliphatic carboxylic acids is 1. The maximum atomic E-state index is 11.6. The highest BCUT2D eigenvalue weighted by Crippen LogP contribution is 2.21. The smallest absolute Gasteiger partial charge is 0.408 e. The number of alkyl halides is 1. The molecule has 100 valence electrons. The van der Waals surface area contributed by atoms with Gasteiger partial charge in [-0.05, 0) is 26.7 Å². The molecule has 1 atom stereocenters. The Hall–Kier alpha value is -0.530. The quantitative estimate of drug-likeness (QED) is 0.599. The number of carbonyl (C=O) groups excluding carboxylic acids is 1. The van der Waals surface area contributed by atoms with Crippen molar-refractivity contribution in [3.8, 4) is 0 Å². The molecule has 0 heterocycles. The molecule has 0 spiro atoms. The molecule has 0 aromatic carbocycles. The molecule has 5 nitrogen and oxygen atoms in total. The number of nitrogens with one attached hydrogen (secondary N) is 1. The van der Waals surface area contributed by atoms with Crippen LogP contribution in [0.4, 0.5) is 4.79 Å². The predicted molar refractivity (Wildman–Crippen MR) is 73.5 cm³/mol. The van der Waals surface area contributed by atoms with E-state index in [9.17, 15) is 14.7 Å². The third-order valence-corrected chi connectivity index (χ3v) is 3.51. The summed E-state index contributed by atoms with van der Waals surface area (Å²) < 4.78 is 5.35. The number of carbonyl (C=O) groups is 2. The van der Waals surface area contributed by atoms with E-state index in [-0.39, 0.29) is 10.3 Å². The van der Waals surface area contributed by atoms with Gasteiger partial charge in [-0.25, -0.2) is 9.59 Å². The lowest BCUT2D eigenvalue weighted by Gasteiger charge is -2.33. The van der Waals surface area contributed by atoms with Gasteiger partial charge in [0.05, 0.1) is 0 Å². The minimum atomic E-state index is -1.29. The fraction of sp³-hybridized carbons (Fsp3) is 0.818. The van der Waals surface area contributed by atoms with Gasteiger partial charge in [0.1, 0.15) is 5.60 Å². The summed E-state index contributed by atoms with van der Waals surface area (Å²) in [6, 6.07) is 0. The van der Waals surface area contributed by atoms with Crippen LogP contribution in [0.1, 0.15) is 34.6 Å². The number of hydrogen-bond donors (Lipinski definition) is 2. The number of hydrogen-bond acceptors (Lipinski definition) is 3. The minimum Gasteiger partial charge on any atom is -0.479 e. The normalized spacial score (nSPS) is 15.2. The van der Waals surface area contributed by atoms with Gasteiger partial charge in [-0.1, -0.05) is 36.4 Å². The van der Waals surface area contributed by atoms with E-state index in [1.54, 1.807) is 34.6 Å². The monoisotopic (exact) mass is 357 g/mol. The first-order valence-corrected chi connectivity index (χ1v) is 6.88. The van der Waals surface area contributed by atoms with E-state index in [1.165, 1.54) is 0 Å². The zero-order chi connectivity index (χ0) is 13.9. The second-order valence-electron chi connectivity index (χ2n) is 5.19. The standard InChI is InChI=1S/C11H20INO4/c1-7(2)11(6-12,8(14)15)13-9(16)17-10(3,4)5/h7H,6H2,1-5H3,(H,13,16)(H,14,15)/t11-/m0/s1. The average Bonchev–Trinajstić information content (AvgIpc) is 2.09. The number of carboxylic acid groups (broad SMARTS) is 1. The van der Waals surface area contributed by atoms with Crippen LogP contribution in [0.15, 0.2) is 0 Å². The van der Waals surface area contributed by atoms with Crippen LogP contribution in [-0.2, 0) is 9.53 Å². The Morgan fingerprint density at radius 3 is 2.06 bits per heavy atom. The highest BCUT2D eigenvalue weighted by Gasteiger charge is 2.43. The Labute approximate surface area is 115 Å². The lowest BCUT2D eigenvalue weighted by molar-refractivity contribution is -0.145. The first-order valence-electron chi connectivity index (χ1n) is 5.35. The summed E-state index contributed by atoms with van der Waals surface area (Å²) in [5.74, 6) is -1.28. The van der Waals surface area contributed by atoms with Gasteiger partial charge < -0.3 is 15.2 Å². The molecular formula is C11H20INO4. The van der Waals surface area contributed by atoms with Crippen molar-refractivity contribution in [3.05, 3.63) is 0 Å². The number of halogens is 1. The van der Waals surface area contributed by atoms with Gasteiger partial charge in [-0.15, -0.1) is 0 Å². The van der Waals surface area contributed by atoms with E-state index in [0.29, 0.717) is 0 Å². The fourth-order valence-electron chi connectivity index (χ4n) is 1.18. The molecule has 0 aliphatic heterocycles. The Morgan fingerprint density at radius 2 is 1.82 bits per heavy atom. The molecule has 0 saturated carbocycles. The maximum Gasteiger partial charge on any atom is 0.408 e. The maximum absolute atomic E-state index is 11.6. The van der Waals surface area contributed by atoms with Crippen molar-refractivity contribution in [3.63, 3.8) is 0 Å². The lowest BCUT2D eigenvalue weighted by atomic mass is 9.89. The van der Waals surface area contributed by atoms with Gasteiger partial charge in [0.25, 0.3) is 0 Å². The molecule has 0 unspecified atom stereocenters. The van der Waals surface area contributed by atoms with Crippen LogP contribution in [0.3, 0.4) is 0 Å². The molecule has 0 aliphatic carbocycles. The van der Waals surface area contributed by atoms with Crippen molar-refractivity contribution >= 4 is 34.7 Å². The van der Waals surface area contributed by atoms with Gasteiger partial charge in [0, 0.05) is 4.43 Å². The topological polar surface area (TPSA) is 75.6 Å². The van der Waals surface area contributed by atoms with Crippen LogP contribution in [0, 0.1) is 5.92 Å². The Balaban J connectivity index is 4.89. The highest BCUT2D eigenvalue weighted by atomic mass is 127. The minimum absolute atomic E-state index is 0.232. The largest absolute Gasteiger partial charge is 0.479 e. The summed E-state index contributed by atoms with van der Waals surface area (Å²) >= 11 is 1.95. The number of amides is 1. The van der Waals surface area contributed by atoms with Gasteiger partial charge in [-0.2, -0.15) is 0 Å². The lowest BCUT2D eigenvalue weighted by Crippen LogP contribution is -2.60. The summed E-state index contributed by atoms with van der Waals surface area (Å²) in [7, 11) is 0. The fourth-order valence-corrected chi connectivity index (χ4v) is 2.57. The first-order chi connectivity index (χ1) is 7.55. The molecule has 1 amide bonds. The second-order valence-corrected chi connectivity index (χ2v) is 5.95. The molecule has 0 fully saturated rings. The van der Waals surface area contributed by atoms with Crippen molar-refractivity contribution in [1.82, 2.24) is 5.32 Å². The Bertz CT molecular complexity index is 298. The van der Waals surface area contributed by atoms with Gasteiger partial charge in [0.15, 0.2) is 5.54 Å². The Kier molecular flexibility index (Phi) is 5.70. The summed E-state index contributed by atoms with van der Waals surface area (Å²) in [6.45, 7) is 8.70. The van der Waals surface area contributed by atoms with Crippen LogP contribution in [0.5, 0.6) is 0 Å². The summed E-state index contributed by atoms with van der Waals surface area (Å²) in [5.41, 5.74) is -1.93. The molecule has 0 rings (SSSR count). The molecule has 0 aromatic rings. The molecule has 17 heavy (non-hydrogen) atoms. The third-order valence-electron chi connectivity index (χ3n) is 2.30. The molecule has 0 saturated heterocycles. The molecule has 0 bridgehead atoms. The van der Waals surface area contributed by atoms with Gasteiger partial charge in [0.2, 0.25) is 0 Å². The van der Waals surface area contributed by atoms with Crippen molar-refractivity contribution in [2.24, 2.45) is 5.92 Å². The van der Waals surface area contributed by atoms with E-state index in [1.807, 2.05) is 22.6 Å². The van der Waals surface area contributed by atoms with E-state index in [2.05, 4.69) is 5.32 Å². The van der Waals surface area contributed by atoms with E-state index in [4.69, 9.17) is 4.74 Å². The highest BCUT2D eigenvalue weighted by molar-refractivity contribution is 14.1. The second kappa shape index (κ2) is 5.88. The van der Waals surface area contributed by atoms with E-state index < -0.39 is 23.2 Å². The van der Waals surface area contributed by atoms with Crippen LogP contribution in [-0.4, -0.2) is 32.7 Å². The zero-order valence-corrected chi connectivity index (χ0v) is 13.0. The van der Waals surface area contributed by atoms with Crippen LogP contribution in [0.2, 0.25) is 0 Å². The van der Waals surface area contributed by atoms with E-state index >= 15 is 0 Å². The molecule has 0 aromatic heterocycles. The zero-order valence-electron chi connectivity index (χ0n) is 10.8. The van der Waals surface area contributed by atoms with Crippen molar-refractivity contribution in [2.45, 2.75) is 45.8 Å². The van der Waals surface area contributed by atoms with Crippen LogP contribution < -0.4 is 5.32 Å². The predicted octanol–water partition coefficient (Wildman–Crippen LogP) is 2.43. The van der Waals surface area contributed by atoms with Gasteiger partial charge in [-0.3, -0.25) is 0 Å². The van der Waals surface area contributed by atoms with Gasteiger partial charge >= 0.3 is 12.1 Å². The number of carboxylic acids is 1. The molecular weight excluding hydrogens is 337 g/mol. The Morgan fingerprint density at radius 1 is 1.35 bits per heavy atom. The SMILES string of the molecule is CC(C)[C@](CI)(NC(=O)OC(C)(C)C)C(=O)O. The van der Waals surface area contributed by atoms with Crippen molar-refractivity contribution in [1.29, 1.82) is 0 Å². The molecule has 0 radical (unpaired) electrons. The summed E-state index contributed by atoms with van der Waals surface area (Å²) in [4.78, 5) is 23.0. The molecule has 6 heteroatoms. The first kappa shape index (κ1) is 16.5. The van der Waals surface area contributed by atoms with Crippen LogP contribution in [0.25, 0.3) is 0 Å². The average molecular weight is 357 g/mol. The molecule has 2 N–H and O–H groups in total. The summed E-state index contributed by atoms with van der Waals surface area (Å²) in [6.07, 6.45) is -0.703. The summed E-state index contributed by atoms with van der Waals surface area (Å²) in [5, 5.41) is 11.7.